The van der Waals surface area contributed by atoms with Crippen LogP contribution in [0.2, 0.25) is 0 Å². The van der Waals surface area contributed by atoms with Crippen LogP contribution in [0.3, 0.4) is 0 Å². The topological polar surface area (TPSA) is 61.4 Å². The summed E-state index contributed by atoms with van der Waals surface area (Å²) in [5.41, 5.74) is 2.56. The first-order valence-corrected chi connectivity index (χ1v) is 7.57. The van der Waals surface area contributed by atoms with Gasteiger partial charge in [0.15, 0.2) is 0 Å². The van der Waals surface area contributed by atoms with Gasteiger partial charge in [-0.25, -0.2) is 4.79 Å². The molecule has 2 rings (SSSR count). The highest BCUT2D eigenvalue weighted by Gasteiger charge is 2.19. The van der Waals surface area contributed by atoms with Gasteiger partial charge in [-0.3, -0.25) is 4.79 Å². The zero-order valence-corrected chi connectivity index (χ0v) is 12.5. The molecule has 21 heavy (non-hydrogen) atoms. The second-order valence-corrected chi connectivity index (χ2v) is 5.27. The Hall–Kier alpha value is -2.04. The van der Waals surface area contributed by atoms with E-state index in [1.807, 2.05) is 24.0 Å². The fourth-order valence-electron chi connectivity index (χ4n) is 2.45. The Labute approximate surface area is 125 Å². The van der Waals surface area contributed by atoms with Crippen molar-refractivity contribution in [2.24, 2.45) is 0 Å². The van der Waals surface area contributed by atoms with Crippen LogP contribution in [0.4, 0.5) is 4.79 Å². The number of rotatable bonds is 5. The van der Waals surface area contributed by atoms with E-state index in [1.54, 1.807) is 0 Å². The molecule has 1 aromatic rings. The van der Waals surface area contributed by atoms with Gasteiger partial charge in [-0.1, -0.05) is 31.2 Å². The largest absolute Gasteiger partial charge is 0.338 e. The second kappa shape index (κ2) is 7.67. The lowest BCUT2D eigenvalue weighted by Crippen LogP contribution is -2.40. The van der Waals surface area contributed by atoms with Crippen LogP contribution in [-0.4, -0.2) is 36.5 Å². The van der Waals surface area contributed by atoms with Crippen molar-refractivity contribution in [1.29, 1.82) is 0 Å². The predicted molar refractivity (Wildman–Crippen MR) is 81.9 cm³/mol. The molecule has 0 aromatic heterocycles. The minimum Gasteiger partial charge on any atom is -0.338 e. The van der Waals surface area contributed by atoms with E-state index in [1.165, 1.54) is 11.1 Å². The maximum absolute atomic E-state index is 12.2. The smallest absolute Gasteiger partial charge is 0.314 e. The van der Waals surface area contributed by atoms with Crippen LogP contribution >= 0.6 is 0 Å². The van der Waals surface area contributed by atoms with Crippen molar-refractivity contribution < 1.29 is 9.59 Å². The molecule has 2 N–H and O–H groups in total. The molecule has 0 bridgehead atoms. The van der Waals surface area contributed by atoms with Crippen LogP contribution in [0.5, 0.6) is 0 Å². The first-order valence-electron chi connectivity index (χ1n) is 7.57. The molecule has 0 fully saturated rings. The average Bonchev–Trinajstić information content (AvgIpc) is 2.52. The van der Waals surface area contributed by atoms with Crippen molar-refractivity contribution in [2.45, 2.75) is 32.7 Å². The summed E-state index contributed by atoms with van der Waals surface area (Å²) in [6.07, 6.45) is 2.16. The van der Waals surface area contributed by atoms with E-state index >= 15 is 0 Å². The molecule has 0 saturated heterocycles. The zero-order chi connectivity index (χ0) is 15.1. The normalized spacial score (nSPS) is 13.5. The van der Waals surface area contributed by atoms with Crippen LogP contribution in [0.25, 0.3) is 0 Å². The molecular formula is C16H23N3O2. The molecule has 5 heteroatoms. The summed E-state index contributed by atoms with van der Waals surface area (Å²) >= 11 is 0. The number of fused-ring (bicyclic) bond motifs is 1. The number of benzene rings is 1. The quantitative estimate of drug-likeness (QED) is 0.866. The summed E-state index contributed by atoms with van der Waals surface area (Å²) in [5, 5.41) is 5.43. The molecule has 0 radical (unpaired) electrons. The molecular weight excluding hydrogens is 266 g/mol. The van der Waals surface area contributed by atoms with Crippen LogP contribution in [-0.2, 0) is 17.8 Å². The number of carbonyl (C=O) groups is 2. The van der Waals surface area contributed by atoms with E-state index in [9.17, 15) is 9.59 Å². The zero-order valence-electron chi connectivity index (χ0n) is 12.5. The van der Waals surface area contributed by atoms with Gasteiger partial charge in [0, 0.05) is 32.6 Å². The van der Waals surface area contributed by atoms with Gasteiger partial charge in [0.1, 0.15) is 0 Å². The lowest BCUT2D eigenvalue weighted by Gasteiger charge is -2.29. The lowest BCUT2D eigenvalue weighted by atomic mass is 10.00. The van der Waals surface area contributed by atoms with Crippen molar-refractivity contribution >= 4 is 11.9 Å². The van der Waals surface area contributed by atoms with Gasteiger partial charge in [-0.05, 0) is 24.0 Å². The summed E-state index contributed by atoms with van der Waals surface area (Å²) in [4.78, 5) is 25.4. The van der Waals surface area contributed by atoms with Crippen LogP contribution in [0, 0.1) is 0 Å². The Morgan fingerprint density at radius 2 is 1.86 bits per heavy atom. The van der Waals surface area contributed by atoms with Gasteiger partial charge in [-0.2, -0.15) is 0 Å². The van der Waals surface area contributed by atoms with Crippen LogP contribution < -0.4 is 10.6 Å². The molecule has 0 spiro atoms. The van der Waals surface area contributed by atoms with Gasteiger partial charge < -0.3 is 15.5 Å². The Kier molecular flexibility index (Phi) is 5.60. The highest BCUT2D eigenvalue weighted by Crippen LogP contribution is 2.18. The predicted octanol–water partition coefficient (Wildman–Crippen LogP) is 1.67. The van der Waals surface area contributed by atoms with E-state index in [2.05, 4.69) is 22.8 Å². The van der Waals surface area contributed by atoms with Crippen molar-refractivity contribution in [2.75, 3.05) is 19.6 Å². The molecule has 1 heterocycles. The maximum atomic E-state index is 12.2. The third-order valence-electron chi connectivity index (χ3n) is 3.64. The number of hydrogen-bond donors (Lipinski definition) is 2. The fraction of sp³-hybridized carbons (Fsp3) is 0.500. The molecule has 1 aliphatic heterocycles. The van der Waals surface area contributed by atoms with E-state index in [-0.39, 0.29) is 11.9 Å². The van der Waals surface area contributed by atoms with Gasteiger partial charge >= 0.3 is 6.03 Å². The maximum Gasteiger partial charge on any atom is 0.314 e. The first-order chi connectivity index (χ1) is 10.2. The van der Waals surface area contributed by atoms with Crippen LogP contribution in [0.15, 0.2) is 24.3 Å². The Bertz CT molecular complexity index is 502. The molecule has 5 nitrogen and oxygen atoms in total. The highest BCUT2D eigenvalue weighted by atomic mass is 16.2. The number of carbonyl (C=O) groups excluding carboxylic acids is 2. The molecule has 0 saturated carbocycles. The molecule has 3 amide bonds. The molecule has 0 aliphatic carbocycles. The average molecular weight is 289 g/mol. The fourth-order valence-corrected chi connectivity index (χ4v) is 2.45. The minimum atomic E-state index is -0.200. The number of urea groups is 1. The Morgan fingerprint density at radius 1 is 1.14 bits per heavy atom. The lowest BCUT2D eigenvalue weighted by molar-refractivity contribution is -0.131. The van der Waals surface area contributed by atoms with E-state index in [0.29, 0.717) is 26.1 Å². The number of hydrogen-bond acceptors (Lipinski definition) is 2. The summed E-state index contributed by atoms with van der Waals surface area (Å²) in [6.45, 7) is 4.47. The van der Waals surface area contributed by atoms with Gasteiger partial charge in [-0.15, -0.1) is 0 Å². The molecule has 1 aromatic carbocycles. The van der Waals surface area contributed by atoms with Gasteiger partial charge in [0.05, 0.1) is 0 Å². The monoisotopic (exact) mass is 289 g/mol. The molecule has 0 atom stereocenters. The first kappa shape index (κ1) is 15.4. The number of nitrogens with one attached hydrogen (secondary N) is 2. The van der Waals surface area contributed by atoms with Gasteiger partial charge in [0.2, 0.25) is 5.91 Å². The SMILES string of the molecule is CCCNC(=O)NCCC(=O)N1CCc2ccccc2C1. The number of nitrogens with zero attached hydrogens (tertiary/aromatic N) is 1. The molecule has 0 unspecified atom stereocenters. The second-order valence-electron chi connectivity index (χ2n) is 5.27. The summed E-state index contributed by atoms with van der Waals surface area (Å²) in [5.74, 6) is 0.0975. The van der Waals surface area contributed by atoms with Gasteiger partial charge in [0.25, 0.3) is 0 Å². The third kappa shape index (κ3) is 4.48. The standard InChI is InChI=1S/C16H23N3O2/c1-2-9-17-16(21)18-10-7-15(20)19-11-8-13-5-3-4-6-14(13)12-19/h3-6H,2,7-12H2,1H3,(H2,17,18,21). The van der Waals surface area contributed by atoms with E-state index < -0.39 is 0 Å². The Morgan fingerprint density at radius 3 is 2.62 bits per heavy atom. The summed E-state index contributed by atoms with van der Waals surface area (Å²) in [6, 6.07) is 8.04. The molecule has 1 aliphatic rings. The molecule has 114 valence electrons. The summed E-state index contributed by atoms with van der Waals surface area (Å²) in [7, 11) is 0. The van der Waals surface area contributed by atoms with Crippen LogP contribution in [0.1, 0.15) is 30.9 Å². The number of amides is 3. The Balaban J connectivity index is 1.74. The highest BCUT2D eigenvalue weighted by molar-refractivity contribution is 5.78. The third-order valence-corrected chi connectivity index (χ3v) is 3.64. The van der Waals surface area contributed by atoms with Crippen molar-refractivity contribution in [3.05, 3.63) is 35.4 Å². The summed E-state index contributed by atoms with van der Waals surface area (Å²) < 4.78 is 0. The van der Waals surface area contributed by atoms with Crippen molar-refractivity contribution in [3.63, 3.8) is 0 Å². The van der Waals surface area contributed by atoms with Crippen molar-refractivity contribution in [3.8, 4) is 0 Å². The minimum absolute atomic E-state index is 0.0975. The van der Waals surface area contributed by atoms with Crippen molar-refractivity contribution in [1.82, 2.24) is 15.5 Å². The van der Waals surface area contributed by atoms with E-state index in [0.717, 1.165) is 19.4 Å². The van der Waals surface area contributed by atoms with E-state index in [4.69, 9.17) is 0 Å².